The lowest BCUT2D eigenvalue weighted by atomic mass is 9.97. The second-order valence-corrected chi connectivity index (χ2v) is 15.3. The van der Waals surface area contributed by atoms with Crippen LogP contribution >= 0.6 is 0 Å². The SMILES string of the molecule is c1ccc(-c2ccc(-c3ccc(N(c4ccc(-c5ccccc5)cc4)c4cc(-c5ccc(-c6ccccc6)cc5)cc5oc6c7ccccc7ccc6c45)cc3)cc2)cc1. The van der Waals surface area contributed by atoms with Gasteiger partial charge in [0.05, 0.1) is 11.1 Å². The quantitative estimate of drug-likeness (QED) is 0.153. The van der Waals surface area contributed by atoms with Crippen LogP contribution in [0.15, 0.2) is 241 Å². The molecular weight excluding hydrogens is 727 g/mol. The zero-order valence-electron chi connectivity index (χ0n) is 32.9. The number of hydrogen-bond donors (Lipinski definition) is 0. The largest absolute Gasteiger partial charge is 0.455 e. The molecule has 0 saturated carbocycles. The molecule has 0 N–H and O–H groups in total. The maximum absolute atomic E-state index is 6.95. The number of anilines is 3. The van der Waals surface area contributed by atoms with Crippen molar-refractivity contribution >= 4 is 49.8 Å². The number of furan rings is 1. The first-order valence-electron chi connectivity index (χ1n) is 20.5. The third-order valence-corrected chi connectivity index (χ3v) is 11.7. The van der Waals surface area contributed by atoms with Crippen LogP contribution in [0, 0.1) is 0 Å². The molecule has 0 unspecified atom stereocenters. The predicted octanol–water partition coefficient (Wildman–Crippen LogP) is 16.5. The fourth-order valence-electron chi connectivity index (χ4n) is 8.59. The molecule has 11 rings (SSSR count). The number of nitrogens with zero attached hydrogens (tertiary/aromatic N) is 1. The van der Waals surface area contributed by atoms with E-state index in [1.165, 1.54) is 38.9 Å². The Morgan fingerprint density at radius 1 is 0.283 bits per heavy atom. The lowest BCUT2D eigenvalue weighted by Crippen LogP contribution is -2.10. The summed E-state index contributed by atoms with van der Waals surface area (Å²) in [7, 11) is 0. The molecule has 0 aliphatic heterocycles. The van der Waals surface area contributed by atoms with Crippen LogP contribution < -0.4 is 4.90 Å². The highest BCUT2D eigenvalue weighted by atomic mass is 16.3. The van der Waals surface area contributed by atoms with Crippen molar-refractivity contribution in [1.29, 1.82) is 0 Å². The summed E-state index contributed by atoms with van der Waals surface area (Å²) < 4.78 is 6.95. The van der Waals surface area contributed by atoms with Crippen molar-refractivity contribution in [1.82, 2.24) is 0 Å². The van der Waals surface area contributed by atoms with Gasteiger partial charge < -0.3 is 9.32 Å². The van der Waals surface area contributed by atoms with E-state index in [4.69, 9.17) is 4.42 Å². The molecule has 2 heteroatoms. The molecule has 0 aliphatic carbocycles. The van der Waals surface area contributed by atoms with Crippen molar-refractivity contribution in [3.8, 4) is 55.6 Å². The van der Waals surface area contributed by atoms with Crippen LogP contribution in [0.4, 0.5) is 17.1 Å². The molecule has 0 fully saturated rings. The molecule has 10 aromatic carbocycles. The summed E-state index contributed by atoms with van der Waals surface area (Å²) >= 11 is 0. The van der Waals surface area contributed by atoms with Crippen molar-refractivity contribution in [2.45, 2.75) is 0 Å². The van der Waals surface area contributed by atoms with E-state index >= 15 is 0 Å². The summed E-state index contributed by atoms with van der Waals surface area (Å²) in [4.78, 5) is 2.39. The van der Waals surface area contributed by atoms with Crippen LogP contribution in [0.5, 0.6) is 0 Å². The Balaban J connectivity index is 1.09. The number of benzene rings is 10. The molecule has 0 amide bonds. The van der Waals surface area contributed by atoms with E-state index in [0.29, 0.717) is 0 Å². The highest BCUT2D eigenvalue weighted by Gasteiger charge is 2.22. The Hall–Kier alpha value is -7.94. The summed E-state index contributed by atoms with van der Waals surface area (Å²) in [5.74, 6) is 0. The van der Waals surface area contributed by atoms with Gasteiger partial charge in [0, 0.05) is 22.1 Å². The van der Waals surface area contributed by atoms with Gasteiger partial charge in [-0.1, -0.05) is 194 Å². The smallest absolute Gasteiger partial charge is 0.143 e. The first-order chi connectivity index (χ1) is 29.7. The third kappa shape index (κ3) is 6.51. The molecule has 0 saturated heterocycles. The Morgan fingerprint density at radius 2 is 0.667 bits per heavy atom. The highest BCUT2D eigenvalue weighted by Crippen LogP contribution is 2.47. The number of fused-ring (bicyclic) bond motifs is 5. The second-order valence-electron chi connectivity index (χ2n) is 15.3. The highest BCUT2D eigenvalue weighted by molar-refractivity contribution is 6.20. The minimum Gasteiger partial charge on any atom is -0.455 e. The molecular formula is C58H39NO. The molecule has 1 heterocycles. The third-order valence-electron chi connectivity index (χ3n) is 11.7. The van der Waals surface area contributed by atoms with Gasteiger partial charge in [0.15, 0.2) is 0 Å². The van der Waals surface area contributed by atoms with E-state index in [2.05, 4.69) is 241 Å². The number of rotatable bonds is 8. The van der Waals surface area contributed by atoms with Gasteiger partial charge in [0.2, 0.25) is 0 Å². The Kier molecular flexibility index (Phi) is 8.87. The Labute approximate surface area is 349 Å². The van der Waals surface area contributed by atoms with Crippen LogP contribution in [-0.4, -0.2) is 0 Å². The maximum atomic E-state index is 6.95. The molecule has 0 atom stereocenters. The standard InChI is InChI=1S/C58H39NO/c1-4-12-40(13-5-1)43-20-22-45(23-21-43)47-30-35-52(36-31-47)59(51-33-28-46(29-34-51)42-16-8-3-9-17-42)55-38-50(48-26-24-44(25-27-48)41-14-6-2-7-15-41)39-56-57(55)54-37-32-49-18-10-11-19-53(49)58(54)60-56/h1-39H. The molecule has 0 spiro atoms. The molecule has 0 radical (unpaired) electrons. The lowest BCUT2D eigenvalue weighted by Gasteiger charge is -2.27. The Bertz CT molecular complexity index is 3240. The van der Waals surface area contributed by atoms with Crippen LogP contribution in [0.1, 0.15) is 0 Å². The summed E-state index contributed by atoms with van der Waals surface area (Å²) in [6.07, 6.45) is 0. The van der Waals surface area contributed by atoms with E-state index in [1.807, 2.05) is 0 Å². The minimum atomic E-state index is 0.849. The van der Waals surface area contributed by atoms with E-state index in [-0.39, 0.29) is 0 Å². The fourth-order valence-corrected chi connectivity index (χ4v) is 8.59. The van der Waals surface area contributed by atoms with Gasteiger partial charge >= 0.3 is 0 Å². The van der Waals surface area contributed by atoms with Crippen LogP contribution in [0.2, 0.25) is 0 Å². The average Bonchev–Trinajstić information content (AvgIpc) is 3.73. The first kappa shape index (κ1) is 35.2. The van der Waals surface area contributed by atoms with Crippen molar-refractivity contribution in [2.24, 2.45) is 0 Å². The zero-order valence-corrected chi connectivity index (χ0v) is 32.9. The normalized spacial score (nSPS) is 11.3. The Morgan fingerprint density at radius 3 is 1.13 bits per heavy atom. The molecule has 0 aliphatic rings. The summed E-state index contributed by atoms with van der Waals surface area (Å²) in [5, 5.41) is 4.43. The molecule has 2 nitrogen and oxygen atoms in total. The van der Waals surface area contributed by atoms with E-state index in [0.717, 1.165) is 66.5 Å². The molecule has 60 heavy (non-hydrogen) atoms. The summed E-state index contributed by atoms with van der Waals surface area (Å²) in [5.41, 5.74) is 16.6. The van der Waals surface area contributed by atoms with Gasteiger partial charge in [-0.2, -0.15) is 0 Å². The van der Waals surface area contributed by atoms with E-state index in [9.17, 15) is 0 Å². The van der Waals surface area contributed by atoms with Crippen LogP contribution in [-0.2, 0) is 0 Å². The summed E-state index contributed by atoms with van der Waals surface area (Å²) in [6.45, 7) is 0. The number of hydrogen-bond acceptors (Lipinski definition) is 2. The molecule has 282 valence electrons. The maximum Gasteiger partial charge on any atom is 0.143 e. The second kappa shape index (κ2) is 15.1. The van der Waals surface area contributed by atoms with Gasteiger partial charge in [-0.15, -0.1) is 0 Å². The van der Waals surface area contributed by atoms with Crippen molar-refractivity contribution in [3.63, 3.8) is 0 Å². The van der Waals surface area contributed by atoms with E-state index < -0.39 is 0 Å². The van der Waals surface area contributed by atoms with Gasteiger partial charge in [-0.25, -0.2) is 0 Å². The predicted molar refractivity (Wildman–Crippen MR) is 253 cm³/mol. The monoisotopic (exact) mass is 765 g/mol. The van der Waals surface area contributed by atoms with E-state index in [1.54, 1.807) is 0 Å². The summed E-state index contributed by atoms with van der Waals surface area (Å²) in [6, 6.07) is 84.8. The molecule has 11 aromatic rings. The van der Waals surface area contributed by atoms with Gasteiger partial charge in [0.1, 0.15) is 11.2 Å². The fraction of sp³-hybridized carbons (Fsp3) is 0. The van der Waals surface area contributed by atoms with Crippen LogP contribution in [0.3, 0.4) is 0 Å². The van der Waals surface area contributed by atoms with Crippen molar-refractivity contribution in [3.05, 3.63) is 237 Å². The van der Waals surface area contributed by atoms with Crippen molar-refractivity contribution < 1.29 is 4.42 Å². The first-order valence-corrected chi connectivity index (χ1v) is 20.5. The van der Waals surface area contributed by atoms with Gasteiger partial charge in [0.25, 0.3) is 0 Å². The lowest BCUT2D eigenvalue weighted by molar-refractivity contribution is 0.673. The van der Waals surface area contributed by atoms with Crippen LogP contribution in [0.25, 0.3) is 88.3 Å². The van der Waals surface area contributed by atoms with Gasteiger partial charge in [-0.3, -0.25) is 0 Å². The average molecular weight is 766 g/mol. The van der Waals surface area contributed by atoms with Gasteiger partial charge in [-0.05, 0) is 103 Å². The topological polar surface area (TPSA) is 16.4 Å². The molecule has 1 aromatic heterocycles. The molecule has 0 bridgehead atoms. The zero-order chi connectivity index (χ0) is 39.8. The minimum absolute atomic E-state index is 0.849. The van der Waals surface area contributed by atoms with Crippen molar-refractivity contribution in [2.75, 3.05) is 4.90 Å².